The molecule has 0 saturated carbocycles. The third kappa shape index (κ3) is 5.85. The first-order valence-corrected chi connectivity index (χ1v) is 8.03. The number of nitrogens with one attached hydrogen (secondary N) is 1. The molecule has 2 N–H and O–H groups in total. The van der Waals surface area contributed by atoms with Gasteiger partial charge in [-0.2, -0.15) is 0 Å². The largest absolute Gasteiger partial charge is 0.480 e. The van der Waals surface area contributed by atoms with E-state index in [4.69, 9.17) is 9.84 Å². The summed E-state index contributed by atoms with van der Waals surface area (Å²) in [7, 11) is -1.30. The molecule has 1 rings (SSSR count). The summed E-state index contributed by atoms with van der Waals surface area (Å²) in [5, 5.41) is 11.2. The highest BCUT2D eigenvalue weighted by atomic mass is 31.2. The number of aliphatic carboxylic acids is 1. The normalized spacial score (nSPS) is 12.5. The second-order valence-electron chi connectivity index (χ2n) is 4.26. The van der Waals surface area contributed by atoms with Crippen molar-refractivity contribution in [1.29, 1.82) is 0 Å². The number of ether oxygens (including phenoxy) is 1. The molecule has 0 aliphatic heterocycles. The van der Waals surface area contributed by atoms with E-state index in [1.165, 1.54) is 0 Å². The summed E-state index contributed by atoms with van der Waals surface area (Å²) in [6, 6.07) is 7.44. The first kappa shape index (κ1) is 18.2. The third-order valence-electron chi connectivity index (χ3n) is 2.77. The van der Waals surface area contributed by atoms with E-state index in [1.54, 1.807) is 24.3 Å². The number of benzene rings is 1. The maximum absolute atomic E-state index is 11.9. The minimum atomic E-state index is -3.58. The van der Waals surface area contributed by atoms with Crippen LogP contribution in [0.15, 0.2) is 30.3 Å². The number of carboxylic acid groups (broad SMARTS) is 1. The van der Waals surface area contributed by atoms with Gasteiger partial charge in [0.1, 0.15) is 12.6 Å². The van der Waals surface area contributed by atoms with Gasteiger partial charge in [-0.15, -0.1) is 0 Å². The van der Waals surface area contributed by atoms with Gasteiger partial charge in [-0.1, -0.05) is 30.3 Å². The van der Waals surface area contributed by atoms with Crippen LogP contribution in [0, 0.1) is 0 Å². The Kier molecular flexibility index (Phi) is 7.04. The third-order valence-corrected chi connectivity index (χ3v) is 4.69. The van der Waals surface area contributed by atoms with Gasteiger partial charge in [0, 0.05) is 14.2 Å². The molecule has 0 bridgehead atoms. The van der Waals surface area contributed by atoms with Crippen molar-refractivity contribution in [3.8, 4) is 0 Å². The zero-order valence-corrected chi connectivity index (χ0v) is 13.1. The van der Waals surface area contributed by atoms with Gasteiger partial charge in [-0.3, -0.25) is 4.57 Å². The van der Waals surface area contributed by atoms with Crippen LogP contribution in [-0.2, 0) is 29.8 Å². The van der Waals surface area contributed by atoms with E-state index in [1.807, 2.05) is 6.07 Å². The first-order valence-electron chi connectivity index (χ1n) is 6.30. The van der Waals surface area contributed by atoms with Crippen LogP contribution in [-0.4, -0.2) is 43.6 Å². The molecule has 22 heavy (non-hydrogen) atoms. The van der Waals surface area contributed by atoms with Crippen LogP contribution in [0.1, 0.15) is 5.56 Å². The number of hydrogen-bond donors (Lipinski definition) is 2. The molecule has 0 radical (unpaired) electrons. The Balaban J connectivity index is 2.57. The molecule has 0 aliphatic carbocycles. The van der Waals surface area contributed by atoms with E-state index in [2.05, 4.69) is 14.4 Å². The summed E-state index contributed by atoms with van der Waals surface area (Å²) in [6.07, 6.45) is -1.44. The van der Waals surface area contributed by atoms with E-state index in [-0.39, 0.29) is 6.61 Å². The van der Waals surface area contributed by atoms with Crippen molar-refractivity contribution in [2.45, 2.75) is 12.6 Å². The first-order chi connectivity index (χ1) is 10.4. The summed E-state index contributed by atoms with van der Waals surface area (Å²) < 4.78 is 26.1. The van der Waals surface area contributed by atoms with Crippen molar-refractivity contribution >= 4 is 19.7 Å². The number of carboxylic acids is 1. The van der Waals surface area contributed by atoms with Gasteiger partial charge in [0.2, 0.25) is 0 Å². The molecule has 122 valence electrons. The summed E-state index contributed by atoms with van der Waals surface area (Å²) in [6.45, 7) is -0.00870. The Bertz CT molecular complexity index is 541. The Hall–Kier alpha value is -1.89. The van der Waals surface area contributed by atoms with E-state index in [0.29, 0.717) is 0 Å². The van der Waals surface area contributed by atoms with Gasteiger partial charge in [0.05, 0.1) is 6.16 Å². The molecule has 8 nitrogen and oxygen atoms in total. The van der Waals surface area contributed by atoms with Crippen LogP contribution < -0.4 is 5.32 Å². The fourth-order valence-corrected chi connectivity index (χ4v) is 2.68. The number of alkyl carbamates (subject to hydrolysis) is 1. The Morgan fingerprint density at radius 2 is 1.82 bits per heavy atom. The second kappa shape index (κ2) is 8.53. The van der Waals surface area contributed by atoms with Gasteiger partial charge in [-0.25, -0.2) is 9.59 Å². The predicted molar refractivity (Wildman–Crippen MR) is 77.7 cm³/mol. The molecule has 1 atom stereocenters. The Morgan fingerprint density at radius 1 is 1.23 bits per heavy atom. The highest BCUT2D eigenvalue weighted by Gasteiger charge is 2.32. The molecule has 1 amide bonds. The SMILES string of the molecule is COP(=O)(C[C@H](NC(=O)OCc1ccccc1)C(=O)O)OC. The zero-order chi connectivity index (χ0) is 16.6. The molecule has 0 heterocycles. The zero-order valence-electron chi connectivity index (χ0n) is 12.2. The maximum Gasteiger partial charge on any atom is 0.408 e. The van der Waals surface area contributed by atoms with Crippen LogP contribution >= 0.6 is 7.60 Å². The van der Waals surface area contributed by atoms with Crippen LogP contribution in [0.4, 0.5) is 4.79 Å². The summed E-state index contributed by atoms with van der Waals surface area (Å²) in [4.78, 5) is 22.7. The minimum Gasteiger partial charge on any atom is -0.480 e. The van der Waals surface area contributed by atoms with Crippen molar-refractivity contribution in [3.63, 3.8) is 0 Å². The quantitative estimate of drug-likeness (QED) is 0.699. The lowest BCUT2D eigenvalue weighted by Gasteiger charge is -2.19. The van der Waals surface area contributed by atoms with Crippen molar-refractivity contribution in [3.05, 3.63) is 35.9 Å². The molecule has 0 unspecified atom stereocenters. The van der Waals surface area contributed by atoms with Gasteiger partial charge < -0.3 is 24.2 Å². The summed E-state index contributed by atoms with van der Waals surface area (Å²) in [5.41, 5.74) is 0.754. The number of hydrogen-bond acceptors (Lipinski definition) is 6. The molecular weight excluding hydrogens is 313 g/mol. The predicted octanol–water partition coefficient (Wildman–Crippen LogP) is 1.85. The number of carbonyl (C=O) groups is 2. The van der Waals surface area contributed by atoms with E-state index < -0.39 is 31.9 Å². The number of carbonyl (C=O) groups excluding carboxylic acids is 1. The van der Waals surface area contributed by atoms with Crippen molar-refractivity contribution < 1.29 is 33.0 Å². The number of rotatable bonds is 8. The van der Waals surface area contributed by atoms with Gasteiger partial charge >= 0.3 is 19.7 Å². The molecule has 0 saturated heterocycles. The monoisotopic (exact) mass is 331 g/mol. The molecule has 0 aliphatic rings. The summed E-state index contributed by atoms with van der Waals surface area (Å²) >= 11 is 0. The molecule has 0 spiro atoms. The van der Waals surface area contributed by atoms with Crippen LogP contribution in [0.25, 0.3) is 0 Å². The highest BCUT2D eigenvalue weighted by Crippen LogP contribution is 2.46. The van der Waals surface area contributed by atoms with E-state index in [0.717, 1.165) is 19.8 Å². The van der Waals surface area contributed by atoms with Gasteiger partial charge in [0.15, 0.2) is 0 Å². The lowest BCUT2D eigenvalue weighted by molar-refractivity contribution is -0.138. The molecule has 1 aromatic carbocycles. The van der Waals surface area contributed by atoms with Gasteiger partial charge in [-0.05, 0) is 5.56 Å². The topological polar surface area (TPSA) is 111 Å². The lowest BCUT2D eigenvalue weighted by atomic mass is 10.2. The van der Waals surface area contributed by atoms with Crippen LogP contribution in [0.5, 0.6) is 0 Å². The van der Waals surface area contributed by atoms with Crippen LogP contribution in [0.2, 0.25) is 0 Å². The van der Waals surface area contributed by atoms with E-state index >= 15 is 0 Å². The smallest absolute Gasteiger partial charge is 0.408 e. The Morgan fingerprint density at radius 3 is 2.32 bits per heavy atom. The maximum atomic E-state index is 11.9. The summed E-state index contributed by atoms with van der Waals surface area (Å²) in [5.74, 6) is -1.37. The standard InChI is InChI=1S/C13H18NO7P/c1-19-22(18,20-2)9-11(12(15)16)14-13(17)21-8-10-6-4-3-5-7-10/h3-7,11H,8-9H2,1-2H3,(H,14,17)(H,15,16)/t11-/m0/s1. The van der Waals surface area contributed by atoms with Gasteiger partial charge in [0.25, 0.3) is 0 Å². The minimum absolute atomic E-state index is 0.00870. The lowest BCUT2D eigenvalue weighted by Crippen LogP contribution is -2.43. The average Bonchev–Trinajstić information content (AvgIpc) is 2.53. The Labute approximate surface area is 127 Å². The van der Waals surface area contributed by atoms with Crippen molar-refractivity contribution in [2.75, 3.05) is 20.4 Å². The van der Waals surface area contributed by atoms with Crippen molar-refractivity contribution in [2.24, 2.45) is 0 Å². The average molecular weight is 331 g/mol. The van der Waals surface area contributed by atoms with E-state index in [9.17, 15) is 14.2 Å². The molecule has 9 heteroatoms. The number of amides is 1. The molecule has 0 fully saturated rings. The molecular formula is C13H18NO7P. The van der Waals surface area contributed by atoms with Crippen molar-refractivity contribution in [1.82, 2.24) is 5.32 Å². The fourth-order valence-electron chi connectivity index (χ4n) is 1.54. The highest BCUT2D eigenvalue weighted by molar-refractivity contribution is 7.53. The molecule has 0 aromatic heterocycles. The van der Waals surface area contributed by atoms with Crippen LogP contribution in [0.3, 0.4) is 0 Å². The second-order valence-corrected chi connectivity index (χ2v) is 6.57. The fraction of sp³-hybridized carbons (Fsp3) is 0.385. The molecule has 1 aromatic rings.